The zero-order chi connectivity index (χ0) is 13.4. The van der Waals surface area contributed by atoms with Gasteiger partial charge in [0, 0.05) is 12.2 Å². The molecular weight excluding hydrogens is 230 g/mol. The van der Waals surface area contributed by atoms with Crippen molar-refractivity contribution in [2.45, 2.75) is 27.2 Å². The molecule has 0 saturated carbocycles. The van der Waals surface area contributed by atoms with Gasteiger partial charge in [-0.1, -0.05) is 6.92 Å². The second-order valence-electron chi connectivity index (χ2n) is 3.79. The van der Waals surface area contributed by atoms with E-state index < -0.39 is 0 Å². The highest BCUT2D eigenvalue weighted by Gasteiger charge is 2.13. The van der Waals surface area contributed by atoms with Gasteiger partial charge in [-0.25, -0.2) is 4.79 Å². The van der Waals surface area contributed by atoms with Crippen LogP contribution in [0.1, 0.15) is 37.6 Å². The van der Waals surface area contributed by atoms with Gasteiger partial charge in [0.25, 0.3) is 0 Å². The van der Waals surface area contributed by atoms with Crippen LogP contribution in [0.25, 0.3) is 0 Å². The first-order valence-electron chi connectivity index (χ1n) is 6.40. The molecule has 0 heterocycles. The van der Waals surface area contributed by atoms with E-state index in [4.69, 9.17) is 9.47 Å². The molecule has 0 unspecified atom stereocenters. The average molecular weight is 251 g/mol. The maximum absolute atomic E-state index is 11.9. The third kappa shape index (κ3) is 3.95. The van der Waals surface area contributed by atoms with Crippen molar-refractivity contribution in [2.75, 3.05) is 25.1 Å². The lowest BCUT2D eigenvalue weighted by Crippen LogP contribution is -2.10. The number of anilines is 1. The zero-order valence-electron chi connectivity index (χ0n) is 11.3. The fourth-order valence-electron chi connectivity index (χ4n) is 1.57. The van der Waals surface area contributed by atoms with Crippen LogP contribution in [0.5, 0.6) is 5.75 Å². The zero-order valence-corrected chi connectivity index (χ0v) is 11.3. The van der Waals surface area contributed by atoms with Crippen LogP contribution in [-0.4, -0.2) is 25.7 Å². The van der Waals surface area contributed by atoms with Crippen LogP contribution in [0.2, 0.25) is 0 Å². The smallest absolute Gasteiger partial charge is 0.340 e. The normalized spacial score (nSPS) is 9.94. The van der Waals surface area contributed by atoms with Crippen LogP contribution < -0.4 is 10.1 Å². The Hall–Kier alpha value is -1.71. The van der Waals surface area contributed by atoms with E-state index >= 15 is 0 Å². The summed E-state index contributed by atoms with van der Waals surface area (Å²) in [6.07, 6.45) is 0.996. The summed E-state index contributed by atoms with van der Waals surface area (Å²) in [4.78, 5) is 11.9. The minimum atomic E-state index is -0.322. The van der Waals surface area contributed by atoms with Crippen molar-refractivity contribution in [3.63, 3.8) is 0 Å². The summed E-state index contributed by atoms with van der Waals surface area (Å²) in [5.74, 6) is 0.361. The van der Waals surface area contributed by atoms with E-state index in [0.717, 1.165) is 18.7 Å². The van der Waals surface area contributed by atoms with Crippen LogP contribution in [0.3, 0.4) is 0 Å². The summed E-state index contributed by atoms with van der Waals surface area (Å²) in [6, 6.07) is 5.43. The molecule has 0 aliphatic rings. The van der Waals surface area contributed by atoms with E-state index in [1.165, 1.54) is 0 Å². The number of benzene rings is 1. The van der Waals surface area contributed by atoms with E-state index in [2.05, 4.69) is 12.2 Å². The Morgan fingerprint density at radius 2 is 2.00 bits per heavy atom. The molecule has 0 fully saturated rings. The van der Waals surface area contributed by atoms with Crippen molar-refractivity contribution in [1.82, 2.24) is 0 Å². The second-order valence-corrected chi connectivity index (χ2v) is 3.79. The fourth-order valence-corrected chi connectivity index (χ4v) is 1.57. The van der Waals surface area contributed by atoms with Gasteiger partial charge < -0.3 is 14.8 Å². The van der Waals surface area contributed by atoms with Crippen LogP contribution in [0, 0.1) is 0 Å². The molecule has 1 N–H and O–H groups in total. The molecule has 0 amide bonds. The highest BCUT2D eigenvalue weighted by molar-refractivity contribution is 5.96. The molecule has 100 valence electrons. The highest BCUT2D eigenvalue weighted by Crippen LogP contribution is 2.23. The third-order valence-electron chi connectivity index (χ3n) is 2.36. The summed E-state index contributed by atoms with van der Waals surface area (Å²) in [5.41, 5.74) is 1.31. The van der Waals surface area contributed by atoms with E-state index in [1.807, 2.05) is 19.1 Å². The van der Waals surface area contributed by atoms with Crippen molar-refractivity contribution >= 4 is 11.7 Å². The van der Waals surface area contributed by atoms with Gasteiger partial charge in [0.2, 0.25) is 0 Å². The number of carbonyl (C=O) groups is 1. The quantitative estimate of drug-likeness (QED) is 0.756. The molecule has 0 radical (unpaired) electrons. The number of hydrogen-bond donors (Lipinski definition) is 1. The molecule has 0 aliphatic carbocycles. The summed E-state index contributed by atoms with van der Waals surface area (Å²) in [7, 11) is 0. The van der Waals surface area contributed by atoms with Crippen LogP contribution in [0.4, 0.5) is 5.69 Å². The van der Waals surface area contributed by atoms with Crippen molar-refractivity contribution in [3.05, 3.63) is 23.8 Å². The van der Waals surface area contributed by atoms with Gasteiger partial charge in [0.05, 0.1) is 18.8 Å². The molecular formula is C14H21NO3. The Balaban J connectivity index is 2.97. The van der Waals surface area contributed by atoms with Gasteiger partial charge >= 0.3 is 5.97 Å². The summed E-state index contributed by atoms with van der Waals surface area (Å²) in [6.45, 7) is 7.54. The maximum Gasteiger partial charge on any atom is 0.340 e. The molecule has 0 saturated heterocycles. The topological polar surface area (TPSA) is 47.6 Å². The van der Waals surface area contributed by atoms with E-state index in [0.29, 0.717) is 24.5 Å². The van der Waals surface area contributed by atoms with E-state index in [-0.39, 0.29) is 5.97 Å². The number of rotatable bonds is 7. The average Bonchev–Trinajstić information content (AvgIpc) is 2.38. The molecule has 0 aliphatic heterocycles. The summed E-state index contributed by atoms with van der Waals surface area (Å²) >= 11 is 0. The van der Waals surface area contributed by atoms with Crippen LogP contribution in [0.15, 0.2) is 18.2 Å². The molecule has 0 atom stereocenters. The minimum Gasteiger partial charge on any atom is -0.494 e. The SMILES string of the molecule is CCCNc1ccc(OCC)cc1C(=O)OCC. The van der Waals surface area contributed by atoms with Gasteiger partial charge in [0.15, 0.2) is 0 Å². The predicted molar refractivity (Wildman–Crippen MR) is 72.3 cm³/mol. The number of nitrogens with one attached hydrogen (secondary N) is 1. The van der Waals surface area contributed by atoms with Gasteiger partial charge in [-0.3, -0.25) is 0 Å². The predicted octanol–water partition coefficient (Wildman–Crippen LogP) is 3.08. The lowest BCUT2D eigenvalue weighted by atomic mass is 10.1. The van der Waals surface area contributed by atoms with Crippen molar-refractivity contribution in [3.8, 4) is 5.75 Å². The summed E-state index contributed by atoms with van der Waals surface area (Å²) < 4.78 is 10.4. The summed E-state index contributed by atoms with van der Waals surface area (Å²) in [5, 5.41) is 3.22. The maximum atomic E-state index is 11.9. The number of hydrogen-bond acceptors (Lipinski definition) is 4. The van der Waals surface area contributed by atoms with Crippen molar-refractivity contribution in [1.29, 1.82) is 0 Å². The largest absolute Gasteiger partial charge is 0.494 e. The number of carbonyl (C=O) groups excluding carboxylic acids is 1. The van der Waals surface area contributed by atoms with Gasteiger partial charge in [0.1, 0.15) is 5.75 Å². The first-order valence-corrected chi connectivity index (χ1v) is 6.40. The molecule has 4 heteroatoms. The Labute approximate surface area is 108 Å². The van der Waals surface area contributed by atoms with Gasteiger partial charge in [-0.05, 0) is 38.5 Å². The van der Waals surface area contributed by atoms with E-state index in [1.54, 1.807) is 13.0 Å². The van der Waals surface area contributed by atoms with Gasteiger partial charge in [-0.2, -0.15) is 0 Å². The molecule has 0 bridgehead atoms. The van der Waals surface area contributed by atoms with Crippen molar-refractivity contribution in [2.24, 2.45) is 0 Å². The fraction of sp³-hybridized carbons (Fsp3) is 0.500. The molecule has 18 heavy (non-hydrogen) atoms. The minimum absolute atomic E-state index is 0.322. The Morgan fingerprint density at radius 1 is 1.22 bits per heavy atom. The Bertz CT molecular complexity index is 391. The van der Waals surface area contributed by atoms with Crippen molar-refractivity contribution < 1.29 is 14.3 Å². The molecule has 4 nitrogen and oxygen atoms in total. The number of esters is 1. The monoisotopic (exact) mass is 251 g/mol. The lowest BCUT2D eigenvalue weighted by molar-refractivity contribution is 0.0527. The standard InChI is InChI=1S/C14H21NO3/c1-4-9-15-13-8-7-11(17-5-2)10-12(13)14(16)18-6-3/h7-8,10,15H,4-6,9H2,1-3H3. The molecule has 0 aromatic heterocycles. The Morgan fingerprint density at radius 3 is 2.61 bits per heavy atom. The molecule has 1 aromatic rings. The van der Waals surface area contributed by atoms with Crippen LogP contribution in [-0.2, 0) is 4.74 Å². The Kier molecular flexibility index (Phi) is 6.05. The highest BCUT2D eigenvalue weighted by atomic mass is 16.5. The molecule has 1 aromatic carbocycles. The van der Waals surface area contributed by atoms with Gasteiger partial charge in [-0.15, -0.1) is 0 Å². The third-order valence-corrected chi connectivity index (χ3v) is 2.36. The van der Waals surface area contributed by atoms with Crippen LogP contribution >= 0.6 is 0 Å². The second kappa shape index (κ2) is 7.58. The lowest BCUT2D eigenvalue weighted by Gasteiger charge is -2.12. The first kappa shape index (κ1) is 14.4. The first-order chi connectivity index (χ1) is 8.72. The van der Waals surface area contributed by atoms with E-state index in [9.17, 15) is 4.79 Å². The molecule has 0 spiro atoms. The molecule has 1 rings (SSSR count). The number of ether oxygens (including phenoxy) is 2.